The molecule has 0 radical (unpaired) electrons. The molecule has 1 heterocycles. The van der Waals surface area contributed by atoms with Crippen molar-refractivity contribution in [1.82, 2.24) is 0 Å². The van der Waals surface area contributed by atoms with Crippen molar-refractivity contribution < 1.29 is 8.60 Å². The molecule has 0 saturated heterocycles. The van der Waals surface area contributed by atoms with Crippen molar-refractivity contribution in [2.45, 2.75) is 4.90 Å². The van der Waals surface area contributed by atoms with Crippen LogP contribution in [0, 0.1) is 17.3 Å². The lowest BCUT2D eigenvalue weighted by molar-refractivity contribution is 0.628. The number of hydrogen-bond donors (Lipinski definition) is 0. The number of hydrogen-bond acceptors (Lipinski definition) is 4. The van der Waals surface area contributed by atoms with Gasteiger partial charge in [-0.15, -0.1) is 15.7 Å². The van der Waals surface area contributed by atoms with E-state index in [-0.39, 0.29) is 5.82 Å². The van der Waals surface area contributed by atoms with Gasteiger partial charge in [0.1, 0.15) is 5.82 Å². The molecule has 0 aliphatic rings. The zero-order chi connectivity index (χ0) is 18.0. The van der Waals surface area contributed by atoms with Gasteiger partial charge >= 0.3 is 0 Å². The minimum absolute atomic E-state index is 0.274. The van der Waals surface area contributed by atoms with Gasteiger partial charge < -0.3 is 0 Å². The van der Waals surface area contributed by atoms with Gasteiger partial charge in [-0.2, -0.15) is 5.26 Å². The molecule has 0 N–H and O–H groups in total. The van der Waals surface area contributed by atoms with Crippen molar-refractivity contribution in [3.05, 3.63) is 64.2 Å². The minimum Gasteiger partial charge on any atom is -0.244 e. The maximum atomic E-state index is 13.2. The van der Waals surface area contributed by atoms with E-state index in [9.17, 15) is 8.60 Å². The fraction of sp³-hybridized carbons (Fsp3) is 0.0556. The Labute approximate surface area is 158 Å². The Hall–Kier alpha value is -2.01. The van der Waals surface area contributed by atoms with Gasteiger partial charge in [-0.3, -0.25) is 0 Å². The first-order valence-electron chi connectivity index (χ1n) is 7.17. The van der Waals surface area contributed by atoms with E-state index in [2.05, 4.69) is 20.3 Å². The van der Waals surface area contributed by atoms with E-state index in [1.54, 1.807) is 41.8 Å². The molecule has 0 spiro atoms. The summed E-state index contributed by atoms with van der Waals surface area (Å²) in [4.78, 5) is 1.52. The van der Waals surface area contributed by atoms with Crippen LogP contribution in [0.4, 0.5) is 4.39 Å². The fourth-order valence-corrected chi connectivity index (χ4v) is 4.94. The van der Waals surface area contributed by atoms with Crippen LogP contribution >= 0.6 is 27.3 Å². The van der Waals surface area contributed by atoms with Crippen molar-refractivity contribution >= 4 is 37.0 Å². The Morgan fingerprint density at radius 1 is 1.12 bits per heavy atom. The van der Waals surface area contributed by atoms with Crippen LogP contribution < -0.4 is 0 Å². The number of nitriles is 1. The van der Waals surface area contributed by atoms with Crippen molar-refractivity contribution in [2.75, 3.05) is 6.26 Å². The SMILES string of the molecule is C[S@](=O)(=NC#N)c1ccc(-c2cc(Br)sc2-c2ccc(F)cc2)cc1. The molecule has 0 fully saturated rings. The van der Waals surface area contributed by atoms with Crippen LogP contribution in [0.5, 0.6) is 0 Å². The summed E-state index contributed by atoms with van der Waals surface area (Å²) < 4.78 is 30.0. The van der Waals surface area contributed by atoms with E-state index in [0.29, 0.717) is 4.90 Å². The summed E-state index contributed by atoms with van der Waals surface area (Å²) >= 11 is 5.07. The van der Waals surface area contributed by atoms with Gasteiger partial charge in [0.2, 0.25) is 6.19 Å². The number of benzene rings is 2. The van der Waals surface area contributed by atoms with Crippen LogP contribution in [0.1, 0.15) is 0 Å². The third kappa shape index (κ3) is 3.82. The Bertz CT molecular complexity index is 1070. The first kappa shape index (κ1) is 17.8. The van der Waals surface area contributed by atoms with E-state index >= 15 is 0 Å². The lowest BCUT2D eigenvalue weighted by atomic mass is 10.0. The Morgan fingerprint density at radius 2 is 1.72 bits per heavy atom. The summed E-state index contributed by atoms with van der Waals surface area (Å²) in [5, 5.41) is 8.65. The molecular weight excluding hydrogens is 423 g/mol. The predicted molar refractivity (Wildman–Crippen MR) is 103 cm³/mol. The van der Waals surface area contributed by atoms with Gasteiger partial charge in [0.25, 0.3) is 0 Å². The molecule has 0 amide bonds. The van der Waals surface area contributed by atoms with Crippen molar-refractivity contribution in [2.24, 2.45) is 4.36 Å². The standard InChI is InChI=1S/C18H12BrFN2OS2/c1-25(23,22-11-21)15-8-4-12(5-9-15)16-10-17(19)24-18(16)13-2-6-14(20)7-3-13/h2-10H,1H3/t25-/m1/s1. The second kappa shape index (κ2) is 7.08. The zero-order valence-corrected chi connectivity index (χ0v) is 16.3. The first-order valence-corrected chi connectivity index (χ1v) is 10.7. The van der Waals surface area contributed by atoms with Crippen LogP contribution in [-0.4, -0.2) is 10.5 Å². The highest BCUT2D eigenvalue weighted by Gasteiger charge is 2.13. The Balaban J connectivity index is 2.07. The zero-order valence-electron chi connectivity index (χ0n) is 13.1. The maximum absolute atomic E-state index is 13.2. The lowest BCUT2D eigenvalue weighted by Crippen LogP contribution is -1.96. The van der Waals surface area contributed by atoms with Gasteiger partial charge in [-0.1, -0.05) is 24.3 Å². The minimum atomic E-state index is -2.71. The molecular formula is C18H12BrFN2OS2. The van der Waals surface area contributed by atoms with Crippen molar-refractivity contribution in [1.29, 1.82) is 5.26 Å². The van der Waals surface area contributed by atoms with Gasteiger partial charge in [0.05, 0.1) is 13.5 Å². The average molecular weight is 435 g/mol. The molecule has 7 heteroatoms. The number of thiophene rings is 1. The molecule has 126 valence electrons. The molecule has 3 aromatic rings. The molecule has 2 aromatic carbocycles. The fourth-order valence-electron chi connectivity index (χ4n) is 2.41. The summed E-state index contributed by atoms with van der Waals surface area (Å²) in [7, 11) is -2.71. The van der Waals surface area contributed by atoms with Gasteiger partial charge in [0.15, 0.2) is 0 Å². The molecule has 0 saturated carbocycles. The van der Waals surface area contributed by atoms with E-state index in [0.717, 1.165) is 25.4 Å². The second-order valence-corrected chi connectivity index (χ2v) is 10.0. The van der Waals surface area contributed by atoms with Gasteiger partial charge in [0, 0.05) is 21.6 Å². The summed E-state index contributed by atoms with van der Waals surface area (Å²) in [6.45, 7) is 0. The topological polar surface area (TPSA) is 53.2 Å². The monoisotopic (exact) mass is 434 g/mol. The Morgan fingerprint density at radius 3 is 2.32 bits per heavy atom. The number of nitrogens with zero attached hydrogens (tertiary/aromatic N) is 2. The number of rotatable bonds is 3. The second-order valence-electron chi connectivity index (χ2n) is 5.32. The molecule has 3 nitrogen and oxygen atoms in total. The molecule has 1 atom stereocenters. The molecule has 0 aliphatic carbocycles. The third-order valence-electron chi connectivity index (χ3n) is 3.63. The highest BCUT2D eigenvalue weighted by atomic mass is 79.9. The molecule has 0 unspecified atom stereocenters. The normalized spacial score (nSPS) is 13.0. The van der Waals surface area contributed by atoms with Crippen LogP contribution in [-0.2, 0) is 9.73 Å². The summed E-state index contributed by atoms with van der Waals surface area (Å²) in [5.74, 6) is -0.274. The van der Waals surface area contributed by atoms with Crippen molar-refractivity contribution in [3.8, 4) is 27.8 Å². The van der Waals surface area contributed by atoms with Crippen molar-refractivity contribution in [3.63, 3.8) is 0 Å². The summed E-state index contributed by atoms with van der Waals surface area (Å²) in [6.07, 6.45) is 3.05. The first-order chi connectivity index (χ1) is 11.9. The molecule has 1 aromatic heterocycles. The predicted octanol–water partition coefficient (Wildman–Crippen LogP) is 5.92. The molecule has 3 rings (SSSR count). The summed E-state index contributed by atoms with van der Waals surface area (Å²) in [5.41, 5.74) is 2.86. The van der Waals surface area contributed by atoms with Crippen LogP contribution in [0.15, 0.2) is 67.6 Å². The molecule has 0 bridgehead atoms. The third-order valence-corrected chi connectivity index (χ3v) is 6.89. The maximum Gasteiger partial charge on any atom is 0.214 e. The number of halogens is 2. The summed E-state index contributed by atoms with van der Waals surface area (Å²) in [6, 6.07) is 15.5. The highest BCUT2D eigenvalue weighted by molar-refractivity contribution is 9.11. The Kier molecular flexibility index (Phi) is 5.04. The highest BCUT2D eigenvalue weighted by Crippen LogP contribution is 2.41. The average Bonchev–Trinajstić information content (AvgIpc) is 2.97. The van der Waals surface area contributed by atoms with E-state index < -0.39 is 9.73 Å². The largest absolute Gasteiger partial charge is 0.244 e. The molecule has 0 aliphatic heterocycles. The molecule has 25 heavy (non-hydrogen) atoms. The van der Waals surface area contributed by atoms with Crippen LogP contribution in [0.2, 0.25) is 0 Å². The van der Waals surface area contributed by atoms with Gasteiger partial charge in [-0.25, -0.2) is 8.60 Å². The van der Waals surface area contributed by atoms with Crippen LogP contribution in [0.3, 0.4) is 0 Å². The van der Waals surface area contributed by atoms with E-state index in [4.69, 9.17) is 5.26 Å². The quantitative estimate of drug-likeness (QED) is 0.480. The van der Waals surface area contributed by atoms with E-state index in [1.807, 2.05) is 18.2 Å². The van der Waals surface area contributed by atoms with Gasteiger partial charge in [-0.05, 0) is 57.4 Å². The smallest absolute Gasteiger partial charge is 0.214 e. The lowest BCUT2D eigenvalue weighted by Gasteiger charge is -2.07. The van der Waals surface area contributed by atoms with Crippen LogP contribution in [0.25, 0.3) is 21.6 Å². The van der Waals surface area contributed by atoms with E-state index in [1.165, 1.54) is 18.4 Å².